The van der Waals surface area contributed by atoms with E-state index < -0.39 is 23.2 Å². The fraction of sp³-hybridized carbons (Fsp3) is 0.190. The van der Waals surface area contributed by atoms with Crippen LogP contribution in [0.3, 0.4) is 0 Å². The van der Waals surface area contributed by atoms with Crippen molar-refractivity contribution in [1.29, 1.82) is 0 Å². The number of thiazole rings is 1. The summed E-state index contributed by atoms with van der Waals surface area (Å²) in [6.45, 7) is 6.26. The van der Waals surface area contributed by atoms with Crippen molar-refractivity contribution in [3.8, 4) is 5.75 Å². The highest BCUT2D eigenvalue weighted by molar-refractivity contribution is 7.13. The average molecular weight is 415 g/mol. The highest BCUT2D eigenvalue weighted by Crippen LogP contribution is 2.26. The quantitative estimate of drug-likeness (QED) is 0.263. The molecule has 0 unspecified atom stereocenters. The van der Waals surface area contributed by atoms with Crippen LogP contribution in [0.4, 0.5) is 13.9 Å². The zero-order valence-corrected chi connectivity index (χ0v) is 16.9. The molecule has 150 valence electrons. The second-order valence-corrected chi connectivity index (χ2v) is 8.07. The van der Waals surface area contributed by atoms with E-state index in [1.807, 2.05) is 5.38 Å². The Balaban J connectivity index is 1.61. The Morgan fingerprint density at radius 2 is 1.79 bits per heavy atom. The Labute approximate surface area is 171 Å². The summed E-state index contributed by atoms with van der Waals surface area (Å²) < 4.78 is 32.3. The van der Waals surface area contributed by atoms with Gasteiger partial charge in [-0.1, -0.05) is 26.8 Å². The lowest BCUT2D eigenvalue weighted by Crippen LogP contribution is -2.13. The molecule has 0 saturated heterocycles. The molecule has 0 atom stereocenters. The number of rotatable bonds is 5. The molecule has 3 rings (SSSR count). The van der Waals surface area contributed by atoms with E-state index in [1.165, 1.54) is 29.5 Å². The number of carbonyl (C=O) groups is 1. The van der Waals surface area contributed by atoms with Gasteiger partial charge in [0.2, 0.25) is 5.13 Å². The molecule has 1 heterocycles. The molecule has 8 heteroatoms. The van der Waals surface area contributed by atoms with Crippen LogP contribution in [0.25, 0.3) is 0 Å². The highest BCUT2D eigenvalue weighted by Gasteiger charge is 2.19. The fourth-order valence-electron chi connectivity index (χ4n) is 2.30. The Morgan fingerprint density at radius 3 is 2.38 bits per heavy atom. The predicted octanol–water partition coefficient (Wildman–Crippen LogP) is 5.38. The van der Waals surface area contributed by atoms with Gasteiger partial charge in [0.25, 0.3) is 0 Å². The van der Waals surface area contributed by atoms with E-state index in [0.717, 1.165) is 23.4 Å². The van der Waals surface area contributed by atoms with E-state index in [-0.39, 0.29) is 11.2 Å². The average Bonchev–Trinajstić information content (AvgIpc) is 3.12. The maximum absolute atomic E-state index is 13.6. The summed E-state index contributed by atoms with van der Waals surface area (Å²) in [6.07, 6.45) is 1.58. The Hall–Kier alpha value is -3.13. The number of anilines is 1. The van der Waals surface area contributed by atoms with Crippen LogP contribution in [0.2, 0.25) is 0 Å². The number of hydrogen-bond donors (Lipinski definition) is 1. The van der Waals surface area contributed by atoms with Gasteiger partial charge in [0.1, 0.15) is 22.9 Å². The maximum Gasteiger partial charge on any atom is 0.349 e. The predicted molar refractivity (Wildman–Crippen MR) is 110 cm³/mol. The number of nitrogens with zero attached hydrogens (tertiary/aromatic N) is 2. The lowest BCUT2D eigenvalue weighted by molar-refractivity contribution is 0.0724. The standard InChI is InChI=1S/C21H19F2N3O2S/c1-21(2,3)17-12-29-20(25-17)26-24-11-13-7-9-14(10-8-13)28-19(27)18-15(22)5-4-6-16(18)23/h4-12H,1-3H3,(H,25,26)/b24-11-. The van der Waals surface area contributed by atoms with Gasteiger partial charge in [-0.3, -0.25) is 5.43 Å². The third-order valence-corrected chi connectivity index (χ3v) is 4.65. The van der Waals surface area contributed by atoms with Crippen molar-refractivity contribution in [1.82, 2.24) is 4.98 Å². The molecule has 2 aromatic carbocycles. The molecule has 0 spiro atoms. The largest absolute Gasteiger partial charge is 0.423 e. The van der Waals surface area contributed by atoms with Crippen molar-refractivity contribution in [2.24, 2.45) is 5.10 Å². The van der Waals surface area contributed by atoms with Crippen molar-refractivity contribution in [2.75, 3.05) is 5.43 Å². The van der Waals surface area contributed by atoms with Gasteiger partial charge in [0.15, 0.2) is 0 Å². The van der Waals surface area contributed by atoms with Crippen molar-refractivity contribution < 1.29 is 18.3 Å². The second-order valence-electron chi connectivity index (χ2n) is 7.21. The van der Waals surface area contributed by atoms with Crippen LogP contribution in [0.1, 0.15) is 42.4 Å². The minimum atomic E-state index is -1.10. The molecule has 0 fully saturated rings. The number of esters is 1. The number of hydrogen-bond acceptors (Lipinski definition) is 6. The number of ether oxygens (including phenoxy) is 1. The molecular weight excluding hydrogens is 396 g/mol. The molecule has 5 nitrogen and oxygen atoms in total. The molecular formula is C21H19F2N3O2S. The Bertz CT molecular complexity index is 1020. The van der Waals surface area contributed by atoms with Crippen molar-refractivity contribution in [3.63, 3.8) is 0 Å². The summed E-state index contributed by atoms with van der Waals surface area (Å²) >= 11 is 1.47. The first-order chi connectivity index (χ1) is 13.7. The van der Waals surface area contributed by atoms with Gasteiger partial charge in [0.05, 0.1) is 11.9 Å². The molecule has 1 aromatic heterocycles. The van der Waals surface area contributed by atoms with E-state index in [4.69, 9.17) is 4.74 Å². The monoisotopic (exact) mass is 415 g/mol. The molecule has 0 aliphatic carbocycles. The first kappa shape index (κ1) is 20.6. The number of aromatic nitrogens is 1. The maximum atomic E-state index is 13.6. The number of nitrogens with one attached hydrogen (secondary N) is 1. The van der Waals surface area contributed by atoms with E-state index in [9.17, 15) is 13.6 Å². The lowest BCUT2D eigenvalue weighted by Gasteiger charge is -2.13. The van der Waals surface area contributed by atoms with Crippen LogP contribution in [-0.4, -0.2) is 17.2 Å². The summed E-state index contributed by atoms with van der Waals surface area (Å²) in [5.41, 5.74) is 3.85. The summed E-state index contributed by atoms with van der Waals surface area (Å²) in [5, 5.41) is 6.80. The third-order valence-electron chi connectivity index (χ3n) is 3.90. The van der Waals surface area contributed by atoms with E-state index in [0.29, 0.717) is 5.13 Å². The summed E-state index contributed by atoms with van der Waals surface area (Å²) in [7, 11) is 0. The minimum absolute atomic E-state index is 0.0288. The molecule has 29 heavy (non-hydrogen) atoms. The third kappa shape index (κ3) is 5.23. The minimum Gasteiger partial charge on any atom is -0.423 e. The Morgan fingerprint density at radius 1 is 1.14 bits per heavy atom. The van der Waals surface area contributed by atoms with Crippen LogP contribution < -0.4 is 10.2 Å². The molecule has 0 bridgehead atoms. The van der Waals surface area contributed by atoms with Crippen molar-refractivity contribution >= 4 is 28.7 Å². The smallest absolute Gasteiger partial charge is 0.349 e. The van der Waals surface area contributed by atoms with Crippen LogP contribution in [0.15, 0.2) is 52.9 Å². The number of hydrazone groups is 1. The van der Waals surface area contributed by atoms with Gasteiger partial charge < -0.3 is 4.74 Å². The van der Waals surface area contributed by atoms with Gasteiger partial charge in [-0.2, -0.15) is 5.10 Å². The topological polar surface area (TPSA) is 63.6 Å². The van der Waals surface area contributed by atoms with Crippen molar-refractivity contribution in [3.05, 3.63) is 76.3 Å². The van der Waals surface area contributed by atoms with E-state index >= 15 is 0 Å². The molecule has 0 amide bonds. The van der Waals surface area contributed by atoms with Crippen molar-refractivity contribution in [2.45, 2.75) is 26.2 Å². The van der Waals surface area contributed by atoms with Gasteiger partial charge in [-0.15, -0.1) is 11.3 Å². The summed E-state index contributed by atoms with van der Waals surface area (Å²) in [4.78, 5) is 16.5. The van der Waals surface area contributed by atoms with Gasteiger partial charge >= 0.3 is 5.97 Å². The second kappa shape index (κ2) is 8.48. The Kier molecular flexibility index (Phi) is 6.03. The first-order valence-corrected chi connectivity index (χ1v) is 9.63. The van der Waals surface area contributed by atoms with E-state index in [2.05, 4.69) is 36.3 Å². The van der Waals surface area contributed by atoms with Crippen LogP contribution in [0, 0.1) is 11.6 Å². The highest BCUT2D eigenvalue weighted by atomic mass is 32.1. The van der Waals surface area contributed by atoms with Gasteiger partial charge in [-0.05, 0) is 42.0 Å². The van der Waals surface area contributed by atoms with Gasteiger partial charge in [-0.25, -0.2) is 18.6 Å². The zero-order valence-electron chi connectivity index (χ0n) is 16.1. The lowest BCUT2D eigenvalue weighted by atomic mass is 9.93. The molecule has 0 aliphatic rings. The van der Waals surface area contributed by atoms with Crippen LogP contribution in [-0.2, 0) is 5.41 Å². The first-order valence-electron chi connectivity index (χ1n) is 8.75. The number of benzene rings is 2. The molecule has 0 radical (unpaired) electrons. The SMILES string of the molecule is CC(C)(C)c1csc(N/N=C\c2ccc(OC(=O)c3c(F)cccc3F)cc2)n1. The number of carbonyl (C=O) groups excluding carboxylic acids is 1. The normalized spacial score (nSPS) is 11.6. The van der Waals surface area contributed by atoms with Crippen LogP contribution >= 0.6 is 11.3 Å². The summed E-state index contributed by atoms with van der Waals surface area (Å²) in [6, 6.07) is 9.53. The molecule has 1 N–H and O–H groups in total. The molecule has 3 aromatic rings. The fourth-order valence-corrected chi connectivity index (χ4v) is 3.19. The van der Waals surface area contributed by atoms with E-state index in [1.54, 1.807) is 18.3 Å². The van der Waals surface area contributed by atoms with Crippen LogP contribution in [0.5, 0.6) is 5.75 Å². The van der Waals surface area contributed by atoms with Gasteiger partial charge in [0, 0.05) is 10.8 Å². The summed E-state index contributed by atoms with van der Waals surface area (Å²) in [5.74, 6) is -2.87. The molecule has 0 saturated carbocycles. The molecule has 0 aliphatic heterocycles. The number of halogens is 2. The zero-order chi connectivity index (χ0) is 21.0.